The van der Waals surface area contributed by atoms with E-state index in [1.165, 1.54) is 16.0 Å². The molecule has 0 amide bonds. The SMILES string of the molecule is Cc1nc(Cc2ccncc2)sc1-c1ccccc1. The fraction of sp³-hybridized carbons (Fsp3) is 0.125. The molecule has 0 N–H and O–H groups in total. The van der Waals surface area contributed by atoms with E-state index >= 15 is 0 Å². The quantitative estimate of drug-likeness (QED) is 0.713. The molecule has 0 fully saturated rings. The average Bonchev–Trinajstić information content (AvgIpc) is 2.82. The van der Waals surface area contributed by atoms with Crippen LogP contribution in [0.5, 0.6) is 0 Å². The van der Waals surface area contributed by atoms with Gasteiger partial charge in [0, 0.05) is 18.8 Å². The fourth-order valence-corrected chi connectivity index (χ4v) is 3.16. The minimum Gasteiger partial charge on any atom is -0.265 e. The van der Waals surface area contributed by atoms with Gasteiger partial charge in [0.15, 0.2) is 0 Å². The molecule has 2 aromatic heterocycles. The molecule has 2 nitrogen and oxygen atoms in total. The minimum atomic E-state index is 0.876. The third-order valence-corrected chi connectivity index (χ3v) is 4.19. The van der Waals surface area contributed by atoms with Crippen LogP contribution in [0.15, 0.2) is 54.9 Å². The van der Waals surface area contributed by atoms with E-state index in [2.05, 4.69) is 41.2 Å². The summed E-state index contributed by atoms with van der Waals surface area (Å²) < 4.78 is 0. The predicted molar refractivity (Wildman–Crippen MR) is 79.3 cm³/mol. The molecular weight excluding hydrogens is 252 g/mol. The first-order valence-electron chi connectivity index (χ1n) is 6.23. The van der Waals surface area contributed by atoms with E-state index in [1.54, 1.807) is 11.3 Å². The summed E-state index contributed by atoms with van der Waals surface area (Å²) in [6.45, 7) is 2.08. The summed E-state index contributed by atoms with van der Waals surface area (Å²) in [5.41, 5.74) is 3.61. The number of nitrogens with zero attached hydrogens (tertiary/aromatic N) is 2. The molecule has 0 bridgehead atoms. The van der Waals surface area contributed by atoms with Gasteiger partial charge in [0.1, 0.15) is 0 Å². The lowest BCUT2D eigenvalue weighted by molar-refractivity contribution is 1.09. The lowest BCUT2D eigenvalue weighted by Gasteiger charge is -1.97. The first kappa shape index (κ1) is 12.1. The second-order valence-corrected chi connectivity index (χ2v) is 5.50. The monoisotopic (exact) mass is 266 g/mol. The molecule has 3 heteroatoms. The molecule has 1 aromatic carbocycles. The van der Waals surface area contributed by atoms with Crippen LogP contribution in [-0.4, -0.2) is 9.97 Å². The van der Waals surface area contributed by atoms with Gasteiger partial charge in [-0.15, -0.1) is 11.3 Å². The van der Waals surface area contributed by atoms with E-state index in [1.807, 2.05) is 30.6 Å². The number of thiazole rings is 1. The Balaban J connectivity index is 1.90. The Bertz CT molecular complexity index is 660. The van der Waals surface area contributed by atoms with E-state index in [9.17, 15) is 0 Å². The molecule has 0 aliphatic rings. The average molecular weight is 266 g/mol. The molecule has 0 radical (unpaired) electrons. The fourth-order valence-electron chi connectivity index (χ4n) is 2.06. The molecule has 0 atom stereocenters. The van der Waals surface area contributed by atoms with E-state index < -0.39 is 0 Å². The van der Waals surface area contributed by atoms with Crippen molar-refractivity contribution in [3.8, 4) is 10.4 Å². The van der Waals surface area contributed by atoms with Crippen LogP contribution in [0.2, 0.25) is 0 Å². The number of rotatable bonds is 3. The molecule has 19 heavy (non-hydrogen) atoms. The molecule has 0 aliphatic carbocycles. The molecular formula is C16H14N2S. The number of hydrogen-bond donors (Lipinski definition) is 0. The second-order valence-electron chi connectivity index (χ2n) is 4.42. The summed E-state index contributed by atoms with van der Waals surface area (Å²) >= 11 is 1.78. The van der Waals surface area contributed by atoms with Crippen LogP contribution in [0, 0.1) is 6.92 Å². The summed E-state index contributed by atoms with van der Waals surface area (Å²) in [6, 6.07) is 14.5. The maximum absolute atomic E-state index is 4.68. The standard InChI is InChI=1S/C16H14N2S/c1-12-16(14-5-3-2-4-6-14)19-15(18-12)11-13-7-9-17-10-8-13/h2-10H,11H2,1H3. The van der Waals surface area contributed by atoms with Crippen molar-refractivity contribution in [3.05, 3.63) is 71.1 Å². The van der Waals surface area contributed by atoms with Gasteiger partial charge in [0.2, 0.25) is 0 Å². The van der Waals surface area contributed by atoms with Crippen molar-refractivity contribution in [1.29, 1.82) is 0 Å². The lowest BCUT2D eigenvalue weighted by Crippen LogP contribution is -1.87. The van der Waals surface area contributed by atoms with E-state index in [0.717, 1.165) is 17.1 Å². The van der Waals surface area contributed by atoms with E-state index in [4.69, 9.17) is 0 Å². The highest BCUT2D eigenvalue weighted by atomic mass is 32.1. The first-order chi connectivity index (χ1) is 9.33. The summed E-state index contributed by atoms with van der Waals surface area (Å²) in [5.74, 6) is 0. The van der Waals surface area contributed by atoms with Crippen LogP contribution in [0.1, 0.15) is 16.3 Å². The maximum Gasteiger partial charge on any atom is 0.0978 e. The Kier molecular flexibility index (Phi) is 3.38. The van der Waals surface area contributed by atoms with Gasteiger partial charge in [0.25, 0.3) is 0 Å². The molecule has 0 saturated heterocycles. The number of hydrogen-bond acceptors (Lipinski definition) is 3. The van der Waals surface area contributed by atoms with Crippen molar-refractivity contribution in [1.82, 2.24) is 9.97 Å². The first-order valence-corrected chi connectivity index (χ1v) is 7.05. The van der Waals surface area contributed by atoms with Crippen LogP contribution < -0.4 is 0 Å². The molecule has 0 spiro atoms. The highest BCUT2D eigenvalue weighted by Gasteiger charge is 2.09. The van der Waals surface area contributed by atoms with Crippen LogP contribution in [-0.2, 0) is 6.42 Å². The molecule has 3 rings (SSSR count). The number of benzene rings is 1. The third kappa shape index (κ3) is 2.71. The number of aryl methyl sites for hydroxylation is 1. The summed E-state index contributed by atoms with van der Waals surface area (Å²) in [7, 11) is 0. The Morgan fingerprint density at radius 2 is 1.74 bits per heavy atom. The van der Waals surface area contributed by atoms with Gasteiger partial charge >= 0.3 is 0 Å². The maximum atomic E-state index is 4.68. The van der Waals surface area contributed by atoms with Crippen molar-refractivity contribution in [3.63, 3.8) is 0 Å². The van der Waals surface area contributed by atoms with Crippen LogP contribution in [0.3, 0.4) is 0 Å². The molecule has 94 valence electrons. The van der Waals surface area contributed by atoms with Crippen molar-refractivity contribution in [2.75, 3.05) is 0 Å². The van der Waals surface area contributed by atoms with Gasteiger partial charge in [-0.2, -0.15) is 0 Å². The molecule has 3 aromatic rings. The molecule has 0 unspecified atom stereocenters. The van der Waals surface area contributed by atoms with Gasteiger partial charge in [-0.05, 0) is 30.2 Å². The van der Waals surface area contributed by atoms with E-state index in [-0.39, 0.29) is 0 Å². The van der Waals surface area contributed by atoms with E-state index in [0.29, 0.717) is 0 Å². The molecule has 2 heterocycles. The van der Waals surface area contributed by atoms with Gasteiger partial charge in [-0.25, -0.2) is 4.98 Å². The van der Waals surface area contributed by atoms with Crippen molar-refractivity contribution >= 4 is 11.3 Å². The van der Waals surface area contributed by atoms with Crippen LogP contribution in [0.25, 0.3) is 10.4 Å². The Morgan fingerprint density at radius 1 is 1.00 bits per heavy atom. The highest BCUT2D eigenvalue weighted by Crippen LogP contribution is 2.30. The number of aromatic nitrogens is 2. The Labute approximate surface area is 116 Å². The number of pyridine rings is 1. The Hall–Kier alpha value is -2.00. The van der Waals surface area contributed by atoms with Crippen molar-refractivity contribution < 1.29 is 0 Å². The normalized spacial score (nSPS) is 10.6. The Morgan fingerprint density at radius 3 is 2.47 bits per heavy atom. The van der Waals surface area contributed by atoms with Gasteiger partial charge < -0.3 is 0 Å². The highest BCUT2D eigenvalue weighted by molar-refractivity contribution is 7.15. The zero-order valence-electron chi connectivity index (χ0n) is 10.7. The summed E-state index contributed by atoms with van der Waals surface area (Å²) in [5, 5.41) is 1.16. The zero-order chi connectivity index (χ0) is 13.1. The largest absolute Gasteiger partial charge is 0.265 e. The minimum absolute atomic E-state index is 0.876. The van der Waals surface area contributed by atoms with Crippen molar-refractivity contribution in [2.24, 2.45) is 0 Å². The summed E-state index contributed by atoms with van der Waals surface area (Å²) in [6.07, 6.45) is 4.53. The molecule has 0 aliphatic heterocycles. The molecule has 0 saturated carbocycles. The van der Waals surface area contributed by atoms with Crippen LogP contribution in [0.4, 0.5) is 0 Å². The summed E-state index contributed by atoms with van der Waals surface area (Å²) in [4.78, 5) is 9.99. The van der Waals surface area contributed by atoms with Crippen LogP contribution >= 0.6 is 11.3 Å². The topological polar surface area (TPSA) is 25.8 Å². The lowest BCUT2D eigenvalue weighted by atomic mass is 10.2. The van der Waals surface area contributed by atoms with Crippen molar-refractivity contribution in [2.45, 2.75) is 13.3 Å². The van der Waals surface area contributed by atoms with Gasteiger partial charge in [-0.1, -0.05) is 30.3 Å². The van der Waals surface area contributed by atoms with Gasteiger partial charge in [-0.3, -0.25) is 4.98 Å². The predicted octanol–water partition coefficient (Wildman–Crippen LogP) is 4.10. The zero-order valence-corrected chi connectivity index (χ0v) is 11.5. The second kappa shape index (κ2) is 5.33. The smallest absolute Gasteiger partial charge is 0.0978 e. The van der Waals surface area contributed by atoms with Gasteiger partial charge in [0.05, 0.1) is 15.6 Å². The third-order valence-electron chi connectivity index (χ3n) is 2.98.